The minimum atomic E-state index is -0.713. The molecule has 1 saturated carbocycles. The van der Waals surface area contributed by atoms with Gasteiger partial charge in [-0.2, -0.15) is 0 Å². The molecule has 1 aliphatic carbocycles. The van der Waals surface area contributed by atoms with E-state index in [-0.39, 0.29) is 35.1 Å². The Morgan fingerprint density at radius 2 is 1.71 bits per heavy atom. The number of nitrogens with one attached hydrogen (secondary N) is 1. The molecule has 0 aromatic heterocycles. The van der Waals surface area contributed by atoms with Crippen LogP contribution in [-0.2, 0) is 19.1 Å². The summed E-state index contributed by atoms with van der Waals surface area (Å²) >= 11 is 3.38. The van der Waals surface area contributed by atoms with E-state index in [1.807, 2.05) is 31.2 Å². The maximum absolute atomic E-state index is 13.4. The van der Waals surface area contributed by atoms with Gasteiger partial charge in [0, 0.05) is 10.2 Å². The molecule has 3 amide bonds. The third-order valence-electron chi connectivity index (χ3n) is 7.33. The molecule has 1 N–H and O–H groups in total. The fourth-order valence-corrected chi connectivity index (χ4v) is 5.88. The molecule has 3 atom stereocenters. The zero-order chi connectivity index (χ0) is 26.8. The van der Waals surface area contributed by atoms with Crippen molar-refractivity contribution in [2.75, 3.05) is 16.8 Å². The van der Waals surface area contributed by atoms with Gasteiger partial charge in [0.1, 0.15) is 0 Å². The van der Waals surface area contributed by atoms with E-state index < -0.39 is 18.5 Å². The molecular weight excluding hydrogens is 548 g/mol. The van der Waals surface area contributed by atoms with Gasteiger partial charge < -0.3 is 10.1 Å². The Bertz CT molecular complexity index is 1410. The summed E-state index contributed by atoms with van der Waals surface area (Å²) in [4.78, 5) is 52.9. The molecule has 1 aliphatic heterocycles. The first-order valence-electron chi connectivity index (χ1n) is 12.6. The topological polar surface area (TPSA) is 92.8 Å². The minimum absolute atomic E-state index is 0.160. The Kier molecular flexibility index (Phi) is 7.42. The van der Waals surface area contributed by atoms with E-state index in [1.165, 1.54) is 22.6 Å². The van der Waals surface area contributed by atoms with Crippen molar-refractivity contribution in [3.8, 4) is 0 Å². The second kappa shape index (κ2) is 10.9. The van der Waals surface area contributed by atoms with Crippen molar-refractivity contribution < 1.29 is 23.9 Å². The minimum Gasteiger partial charge on any atom is -0.452 e. The highest BCUT2D eigenvalue weighted by Gasteiger charge is 2.50. The molecule has 7 nitrogen and oxygen atoms in total. The molecule has 3 aromatic carbocycles. The van der Waals surface area contributed by atoms with Gasteiger partial charge in [0.2, 0.25) is 11.8 Å². The Balaban J connectivity index is 1.24. The maximum Gasteiger partial charge on any atom is 0.338 e. The van der Waals surface area contributed by atoms with Gasteiger partial charge in [0.25, 0.3) is 5.91 Å². The number of hydrogen-bond acceptors (Lipinski definition) is 5. The van der Waals surface area contributed by atoms with E-state index in [9.17, 15) is 19.2 Å². The van der Waals surface area contributed by atoms with Crippen LogP contribution in [0, 0.1) is 18.8 Å². The fourth-order valence-electron chi connectivity index (χ4n) is 5.40. The zero-order valence-electron chi connectivity index (χ0n) is 20.9. The normalized spacial score (nSPS) is 20.7. The summed E-state index contributed by atoms with van der Waals surface area (Å²) < 4.78 is 6.10. The molecule has 0 spiro atoms. The van der Waals surface area contributed by atoms with E-state index in [0.29, 0.717) is 24.2 Å². The van der Waals surface area contributed by atoms with Crippen molar-refractivity contribution in [1.82, 2.24) is 0 Å². The second-order valence-corrected chi connectivity index (χ2v) is 10.7. The number of nitrogens with zero attached hydrogens (tertiary/aromatic N) is 1. The van der Waals surface area contributed by atoms with Crippen molar-refractivity contribution in [2.24, 2.45) is 11.8 Å². The van der Waals surface area contributed by atoms with Crippen molar-refractivity contribution in [2.45, 2.75) is 32.1 Å². The number of amides is 3. The number of rotatable bonds is 6. The van der Waals surface area contributed by atoms with Crippen LogP contribution in [0.1, 0.15) is 46.7 Å². The van der Waals surface area contributed by atoms with E-state index in [4.69, 9.17) is 4.74 Å². The zero-order valence-corrected chi connectivity index (χ0v) is 22.4. The molecule has 0 radical (unpaired) electrons. The number of ether oxygens (including phenoxy) is 1. The number of imide groups is 1. The number of fused-ring (bicyclic) bond motifs is 1. The number of halogens is 1. The summed E-state index contributed by atoms with van der Waals surface area (Å²) in [6, 6.07) is 21.8. The molecule has 1 heterocycles. The van der Waals surface area contributed by atoms with Gasteiger partial charge >= 0.3 is 5.97 Å². The lowest BCUT2D eigenvalue weighted by Crippen LogP contribution is -2.31. The van der Waals surface area contributed by atoms with E-state index in [0.717, 1.165) is 16.5 Å². The number of carbonyl (C=O) groups is 4. The van der Waals surface area contributed by atoms with Crippen LogP contribution in [0.4, 0.5) is 11.4 Å². The fraction of sp³-hybridized carbons (Fsp3) is 0.267. The standard InChI is InChI=1S/C30H27BrN2O5/c1-18-14-22(31)11-13-26(18)32-27(34)17-38-30(37)21-8-5-9-23(15-21)33-28(35)24-12-10-20(16-25(24)29(33)36)19-6-3-2-4-7-19/h2-9,11,13-15,20,24-25H,10,12,16-17H2,1H3,(H,32,34)/t20-,24+,25-/m0/s1. The molecule has 0 bridgehead atoms. The van der Waals surface area contributed by atoms with E-state index >= 15 is 0 Å². The predicted octanol–water partition coefficient (Wildman–Crippen LogP) is 5.63. The monoisotopic (exact) mass is 574 g/mol. The lowest BCUT2D eigenvalue weighted by atomic mass is 9.73. The van der Waals surface area contributed by atoms with Crippen molar-refractivity contribution in [3.05, 3.63) is 94.0 Å². The maximum atomic E-state index is 13.4. The van der Waals surface area contributed by atoms with Crippen LogP contribution in [0.15, 0.2) is 77.3 Å². The van der Waals surface area contributed by atoms with Crippen molar-refractivity contribution in [3.63, 3.8) is 0 Å². The van der Waals surface area contributed by atoms with Crippen LogP contribution in [-0.4, -0.2) is 30.3 Å². The van der Waals surface area contributed by atoms with Crippen LogP contribution in [0.2, 0.25) is 0 Å². The van der Waals surface area contributed by atoms with Crippen LogP contribution < -0.4 is 10.2 Å². The average Bonchev–Trinajstić information content (AvgIpc) is 3.18. The summed E-state index contributed by atoms with van der Waals surface area (Å²) in [5.74, 6) is -2.11. The highest BCUT2D eigenvalue weighted by atomic mass is 79.9. The second-order valence-electron chi connectivity index (χ2n) is 9.78. The molecule has 1 saturated heterocycles. The molecule has 5 rings (SSSR count). The van der Waals surface area contributed by atoms with Crippen LogP contribution in [0.5, 0.6) is 0 Å². The predicted molar refractivity (Wildman–Crippen MR) is 147 cm³/mol. The largest absolute Gasteiger partial charge is 0.452 e. The summed E-state index contributed by atoms with van der Waals surface area (Å²) in [7, 11) is 0. The van der Waals surface area contributed by atoms with E-state index in [1.54, 1.807) is 24.3 Å². The molecular formula is C30H27BrN2O5. The molecule has 2 fully saturated rings. The van der Waals surface area contributed by atoms with Gasteiger partial charge in [-0.1, -0.05) is 52.3 Å². The molecule has 3 aromatic rings. The van der Waals surface area contributed by atoms with Gasteiger partial charge in [-0.05, 0) is 79.6 Å². The van der Waals surface area contributed by atoms with Crippen LogP contribution in [0.3, 0.4) is 0 Å². The summed E-state index contributed by atoms with van der Waals surface area (Å²) in [6.45, 7) is 1.39. The van der Waals surface area contributed by atoms with Crippen molar-refractivity contribution >= 4 is 51.0 Å². The van der Waals surface area contributed by atoms with Gasteiger partial charge in [0.05, 0.1) is 23.1 Å². The number of aryl methyl sites for hydroxylation is 1. The summed E-state index contributed by atoms with van der Waals surface area (Å²) in [5.41, 5.74) is 3.18. The summed E-state index contributed by atoms with van der Waals surface area (Å²) in [5, 5.41) is 2.72. The first-order valence-corrected chi connectivity index (χ1v) is 13.4. The van der Waals surface area contributed by atoms with Gasteiger partial charge in [-0.25, -0.2) is 4.79 Å². The molecule has 194 valence electrons. The third kappa shape index (κ3) is 5.27. The average molecular weight is 575 g/mol. The number of carbonyl (C=O) groups excluding carboxylic acids is 4. The first kappa shape index (κ1) is 25.9. The lowest BCUT2D eigenvalue weighted by molar-refractivity contribution is -0.122. The third-order valence-corrected chi connectivity index (χ3v) is 7.83. The highest BCUT2D eigenvalue weighted by Crippen LogP contribution is 2.45. The number of esters is 1. The van der Waals surface area contributed by atoms with Crippen LogP contribution >= 0.6 is 15.9 Å². The Morgan fingerprint density at radius 1 is 0.947 bits per heavy atom. The Hall–Kier alpha value is -3.78. The number of hydrogen-bond donors (Lipinski definition) is 1. The van der Waals surface area contributed by atoms with Gasteiger partial charge in [-0.3, -0.25) is 19.3 Å². The summed E-state index contributed by atoms with van der Waals surface area (Å²) in [6.07, 6.45) is 2.14. The van der Waals surface area contributed by atoms with Gasteiger partial charge in [0.15, 0.2) is 6.61 Å². The molecule has 2 aliphatic rings. The van der Waals surface area contributed by atoms with Crippen LogP contribution in [0.25, 0.3) is 0 Å². The van der Waals surface area contributed by atoms with Crippen molar-refractivity contribution in [1.29, 1.82) is 0 Å². The molecule has 38 heavy (non-hydrogen) atoms. The Labute approximate surface area is 229 Å². The van der Waals surface area contributed by atoms with Gasteiger partial charge in [-0.15, -0.1) is 0 Å². The Morgan fingerprint density at radius 3 is 2.47 bits per heavy atom. The lowest BCUT2D eigenvalue weighted by Gasteiger charge is -2.28. The highest BCUT2D eigenvalue weighted by molar-refractivity contribution is 9.10. The number of benzene rings is 3. The smallest absolute Gasteiger partial charge is 0.338 e. The quantitative estimate of drug-likeness (QED) is 0.304. The number of anilines is 2. The molecule has 8 heteroatoms. The SMILES string of the molecule is Cc1cc(Br)ccc1NC(=O)COC(=O)c1cccc(N2C(=O)[C@H]3C[C@@H](c4ccccc4)CC[C@H]3C2=O)c1. The first-order chi connectivity index (χ1) is 18.3. The molecule has 0 unspecified atom stereocenters. The van der Waals surface area contributed by atoms with E-state index in [2.05, 4.69) is 33.4 Å².